The van der Waals surface area contributed by atoms with Crippen LogP contribution in [0.1, 0.15) is 5.69 Å². The Bertz CT molecular complexity index is 2360. The number of benzene rings is 5. The quantitative estimate of drug-likeness (QED) is 0.185. The van der Waals surface area contributed by atoms with Gasteiger partial charge in [0.15, 0.2) is 0 Å². The maximum absolute atomic E-state index is 9.26. The lowest BCUT2D eigenvalue weighted by Gasteiger charge is -2.10. The van der Waals surface area contributed by atoms with Crippen molar-refractivity contribution < 1.29 is 0 Å². The molecule has 0 spiro atoms. The second-order valence-electron chi connectivity index (χ2n) is 11.3. The van der Waals surface area contributed by atoms with Crippen LogP contribution < -0.4 is 0 Å². The molecule has 0 fully saturated rings. The topological polar surface area (TPSA) is 58.9 Å². The molecular formula is C42H25N5. The molecule has 0 bridgehead atoms. The second kappa shape index (κ2) is 11.6. The van der Waals surface area contributed by atoms with Crippen molar-refractivity contribution >= 4 is 27.6 Å². The highest BCUT2D eigenvalue weighted by Gasteiger charge is 2.15. The molecule has 0 aliphatic heterocycles. The summed E-state index contributed by atoms with van der Waals surface area (Å²) in [5.41, 5.74) is 12.3. The summed E-state index contributed by atoms with van der Waals surface area (Å²) >= 11 is 0. The zero-order valence-electron chi connectivity index (χ0n) is 25.2. The van der Waals surface area contributed by atoms with Gasteiger partial charge in [-0.2, -0.15) is 5.26 Å². The van der Waals surface area contributed by atoms with Gasteiger partial charge in [0.1, 0.15) is 18.0 Å². The molecule has 0 radical (unpaired) electrons. The first kappa shape index (κ1) is 27.7. The van der Waals surface area contributed by atoms with Gasteiger partial charge in [-0.3, -0.25) is 0 Å². The Morgan fingerprint density at radius 1 is 0.511 bits per heavy atom. The van der Waals surface area contributed by atoms with E-state index < -0.39 is 0 Å². The Balaban J connectivity index is 1.21. The van der Waals surface area contributed by atoms with Gasteiger partial charge in [-0.05, 0) is 93.0 Å². The van der Waals surface area contributed by atoms with E-state index in [2.05, 4.69) is 135 Å². The van der Waals surface area contributed by atoms with Crippen LogP contribution in [0, 0.1) is 17.9 Å². The van der Waals surface area contributed by atoms with Crippen molar-refractivity contribution in [3.8, 4) is 56.3 Å². The molecule has 0 atom stereocenters. The SMILES string of the molecule is [C-]#[N+]c1cc(-c2ccc(-c3ccc4c5ccc(-c6ccc(-c7ccnc(C#N)c7)cc6)cc5n(-c5ccccc5)c4c3)cc2)ccn1. The average molecular weight is 600 g/mol. The van der Waals surface area contributed by atoms with Crippen molar-refractivity contribution in [3.63, 3.8) is 0 Å². The van der Waals surface area contributed by atoms with Crippen molar-refractivity contribution in [3.05, 3.63) is 169 Å². The van der Waals surface area contributed by atoms with Crippen LogP contribution >= 0.6 is 0 Å². The van der Waals surface area contributed by atoms with Crippen LogP contribution in [0.25, 0.3) is 76.8 Å². The summed E-state index contributed by atoms with van der Waals surface area (Å²) in [6.07, 6.45) is 3.36. The zero-order valence-corrected chi connectivity index (χ0v) is 25.2. The Hall–Kier alpha value is -6.82. The Labute approximate surface area is 272 Å². The maximum atomic E-state index is 9.26. The van der Waals surface area contributed by atoms with Gasteiger partial charge in [0.05, 0.1) is 11.0 Å². The number of nitriles is 1. The summed E-state index contributed by atoms with van der Waals surface area (Å²) < 4.78 is 2.35. The van der Waals surface area contributed by atoms with Crippen LogP contribution in [0.3, 0.4) is 0 Å². The monoisotopic (exact) mass is 599 g/mol. The van der Waals surface area contributed by atoms with Crippen LogP contribution in [-0.4, -0.2) is 14.5 Å². The summed E-state index contributed by atoms with van der Waals surface area (Å²) in [5.74, 6) is 0.394. The van der Waals surface area contributed by atoms with E-state index in [9.17, 15) is 5.26 Å². The highest BCUT2D eigenvalue weighted by molar-refractivity contribution is 6.11. The summed E-state index contributed by atoms with van der Waals surface area (Å²) in [6.45, 7) is 7.29. The Morgan fingerprint density at radius 3 is 1.49 bits per heavy atom. The van der Waals surface area contributed by atoms with Gasteiger partial charge in [0, 0.05) is 22.7 Å². The van der Waals surface area contributed by atoms with Gasteiger partial charge in [0.25, 0.3) is 5.82 Å². The fourth-order valence-electron chi connectivity index (χ4n) is 6.27. The zero-order chi connectivity index (χ0) is 31.7. The maximum Gasteiger partial charge on any atom is 0.270 e. The Kier molecular flexibility index (Phi) is 6.84. The molecule has 0 N–H and O–H groups in total. The van der Waals surface area contributed by atoms with Crippen molar-refractivity contribution in [1.29, 1.82) is 5.26 Å². The highest BCUT2D eigenvalue weighted by Crippen LogP contribution is 2.37. The van der Waals surface area contributed by atoms with E-state index in [1.54, 1.807) is 12.4 Å². The molecule has 0 aliphatic rings. The van der Waals surface area contributed by atoms with E-state index in [1.165, 1.54) is 10.8 Å². The van der Waals surface area contributed by atoms with Crippen molar-refractivity contribution in [2.75, 3.05) is 0 Å². The van der Waals surface area contributed by atoms with Crippen molar-refractivity contribution in [2.24, 2.45) is 0 Å². The minimum atomic E-state index is 0.394. The Morgan fingerprint density at radius 2 is 0.979 bits per heavy atom. The van der Waals surface area contributed by atoms with Crippen molar-refractivity contribution in [2.45, 2.75) is 0 Å². The van der Waals surface area contributed by atoms with Crippen LogP contribution in [0.4, 0.5) is 5.82 Å². The summed E-state index contributed by atoms with van der Waals surface area (Å²) in [4.78, 5) is 11.7. The van der Waals surface area contributed by atoms with Gasteiger partial charge < -0.3 is 9.41 Å². The van der Waals surface area contributed by atoms with E-state index in [0.29, 0.717) is 11.5 Å². The van der Waals surface area contributed by atoms with Crippen molar-refractivity contribution in [1.82, 2.24) is 14.5 Å². The summed E-state index contributed by atoms with van der Waals surface area (Å²) in [6, 6.07) is 50.4. The summed E-state index contributed by atoms with van der Waals surface area (Å²) in [7, 11) is 0. The average Bonchev–Trinajstić information content (AvgIpc) is 3.48. The van der Waals surface area contributed by atoms with E-state index >= 15 is 0 Å². The third-order valence-corrected chi connectivity index (χ3v) is 8.62. The van der Waals surface area contributed by atoms with E-state index in [0.717, 1.165) is 61.2 Å². The fourth-order valence-corrected chi connectivity index (χ4v) is 6.27. The third-order valence-electron chi connectivity index (χ3n) is 8.62. The molecular weight excluding hydrogens is 574 g/mol. The number of hydrogen-bond acceptors (Lipinski definition) is 3. The van der Waals surface area contributed by atoms with Crippen LogP contribution in [0.5, 0.6) is 0 Å². The lowest BCUT2D eigenvalue weighted by molar-refractivity contribution is 1.18. The van der Waals surface area contributed by atoms with Crippen LogP contribution in [-0.2, 0) is 0 Å². The minimum Gasteiger partial charge on any atom is -0.361 e. The molecule has 3 aromatic heterocycles. The van der Waals surface area contributed by atoms with Gasteiger partial charge in [-0.25, -0.2) is 4.98 Å². The number of pyridine rings is 2. The number of rotatable bonds is 5. The smallest absolute Gasteiger partial charge is 0.270 e. The third kappa shape index (κ3) is 5.09. The number of hydrogen-bond donors (Lipinski definition) is 0. The molecule has 0 aliphatic carbocycles. The number of para-hydroxylation sites is 1. The molecule has 0 saturated heterocycles. The lowest BCUT2D eigenvalue weighted by Crippen LogP contribution is -1.94. The summed E-state index contributed by atoms with van der Waals surface area (Å²) in [5, 5.41) is 11.6. The molecule has 5 nitrogen and oxygen atoms in total. The van der Waals surface area contributed by atoms with Gasteiger partial charge >= 0.3 is 0 Å². The molecule has 5 aromatic carbocycles. The molecule has 5 heteroatoms. The van der Waals surface area contributed by atoms with E-state index in [4.69, 9.17) is 6.57 Å². The molecule has 8 aromatic rings. The molecule has 8 rings (SSSR count). The van der Waals surface area contributed by atoms with Gasteiger partial charge in [-0.15, -0.1) is 4.98 Å². The van der Waals surface area contributed by atoms with E-state index in [1.807, 2.05) is 30.3 Å². The normalized spacial score (nSPS) is 10.9. The van der Waals surface area contributed by atoms with Gasteiger partial charge in [-0.1, -0.05) is 97.6 Å². The standard InChI is InChI=1S/C42H25N5/c1-44-42-26-35(20-22-46-42)31-13-9-29(10-14-31)33-16-18-39-38-17-15-32(24-40(38)47(41(39)25-33)37-5-3-2-4-6-37)28-7-11-30(12-8-28)34-19-21-45-36(23-34)27-43/h2-26H. The predicted octanol–water partition coefficient (Wildman–Crippen LogP) is 10.7. The second-order valence-corrected chi connectivity index (χ2v) is 11.3. The first-order chi connectivity index (χ1) is 23.2. The molecule has 3 heterocycles. The first-order valence-electron chi connectivity index (χ1n) is 15.2. The number of nitrogens with zero attached hydrogens (tertiary/aromatic N) is 5. The van der Waals surface area contributed by atoms with Crippen LogP contribution in [0.15, 0.2) is 152 Å². The van der Waals surface area contributed by atoms with Crippen LogP contribution in [0.2, 0.25) is 0 Å². The molecule has 0 saturated carbocycles. The number of aromatic nitrogens is 3. The number of fused-ring (bicyclic) bond motifs is 3. The molecule has 47 heavy (non-hydrogen) atoms. The lowest BCUT2D eigenvalue weighted by atomic mass is 9.98. The molecule has 0 amide bonds. The molecule has 0 unspecified atom stereocenters. The predicted molar refractivity (Wildman–Crippen MR) is 189 cm³/mol. The van der Waals surface area contributed by atoms with E-state index in [-0.39, 0.29) is 0 Å². The molecule has 218 valence electrons. The fraction of sp³-hybridized carbons (Fsp3) is 0. The minimum absolute atomic E-state index is 0.394. The first-order valence-corrected chi connectivity index (χ1v) is 15.2. The largest absolute Gasteiger partial charge is 0.361 e. The highest BCUT2D eigenvalue weighted by atomic mass is 15.0. The van der Waals surface area contributed by atoms with Gasteiger partial charge in [0.2, 0.25) is 0 Å².